The first kappa shape index (κ1) is 24.9. The van der Waals surface area contributed by atoms with Crippen molar-refractivity contribution in [3.63, 3.8) is 0 Å². The quantitative estimate of drug-likeness (QED) is 0.397. The van der Waals surface area contributed by atoms with Gasteiger partial charge in [-0.05, 0) is 38.8 Å². The third-order valence-corrected chi connectivity index (χ3v) is 6.71. The van der Waals surface area contributed by atoms with E-state index in [-0.39, 0.29) is 18.7 Å². The molecular weight excluding hydrogens is 498 g/mol. The smallest absolute Gasteiger partial charge is 0.414 e. The van der Waals surface area contributed by atoms with Gasteiger partial charge in [-0.2, -0.15) is 10.1 Å². The maximum Gasteiger partial charge on any atom is 0.414 e. The van der Waals surface area contributed by atoms with Gasteiger partial charge >= 0.3 is 6.09 Å². The molecule has 4 aromatic rings. The number of imidazole rings is 1. The molecule has 1 amide bonds. The van der Waals surface area contributed by atoms with E-state index in [1.54, 1.807) is 28.2 Å². The van der Waals surface area contributed by atoms with E-state index in [0.29, 0.717) is 25.6 Å². The van der Waals surface area contributed by atoms with Crippen LogP contribution in [0.2, 0.25) is 0 Å². The SMILES string of the molecule is CC(C)(C)OC(=O)N1CCC(N2Cc3cnc(Nc4cnn(CCO)c4)nc3-n3ccnc32)c2ccccc21. The number of carbonyl (C=O) groups excluding carboxylic acids is 1. The lowest BCUT2D eigenvalue weighted by Crippen LogP contribution is -2.44. The Balaban J connectivity index is 1.28. The molecule has 12 heteroatoms. The van der Waals surface area contributed by atoms with Crippen LogP contribution >= 0.6 is 0 Å². The van der Waals surface area contributed by atoms with Gasteiger partial charge < -0.3 is 20.1 Å². The fourth-order valence-electron chi connectivity index (χ4n) is 5.11. The summed E-state index contributed by atoms with van der Waals surface area (Å²) in [6, 6.07) is 7.99. The molecule has 0 radical (unpaired) electrons. The van der Waals surface area contributed by atoms with Gasteiger partial charge in [-0.1, -0.05) is 18.2 Å². The van der Waals surface area contributed by atoms with E-state index in [0.717, 1.165) is 40.7 Å². The molecular formula is C27H31N9O3. The molecule has 12 nitrogen and oxygen atoms in total. The second-order valence-corrected chi connectivity index (χ2v) is 10.6. The second kappa shape index (κ2) is 9.70. The summed E-state index contributed by atoms with van der Waals surface area (Å²) in [7, 11) is 0. The zero-order valence-corrected chi connectivity index (χ0v) is 22.2. The number of aromatic nitrogens is 6. The van der Waals surface area contributed by atoms with Crippen molar-refractivity contribution in [3.8, 4) is 5.82 Å². The number of nitrogens with zero attached hydrogens (tertiary/aromatic N) is 8. The van der Waals surface area contributed by atoms with E-state index in [1.165, 1.54) is 0 Å². The standard InChI is InChI=1S/C27H31N9O3/c1-27(2,3)39-26(38)34-10-8-22(20-6-4-5-7-21(20)34)36-16-18-14-29-24(31-19-15-30-33(17-19)12-13-37)32-23(18)35-11-9-28-25(35)36/h4-7,9,11,14-15,17,22,37H,8,10,12-13,16H2,1-3H3,(H,29,31,32). The summed E-state index contributed by atoms with van der Waals surface area (Å²) in [6.45, 7) is 7.17. The predicted molar refractivity (Wildman–Crippen MR) is 145 cm³/mol. The molecule has 0 bridgehead atoms. The minimum atomic E-state index is -0.572. The molecule has 3 aromatic heterocycles. The highest BCUT2D eigenvalue weighted by Crippen LogP contribution is 2.42. The highest BCUT2D eigenvalue weighted by molar-refractivity contribution is 5.90. The number of benzene rings is 1. The summed E-state index contributed by atoms with van der Waals surface area (Å²) in [4.78, 5) is 31.0. The molecule has 1 aromatic carbocycles. The Morgan fingerprint density at radius 3 is 2.87 bits per heavy atom. The zero-order valence-electron chi connectivity index (χ0n) is 22.2. The van der Waals surface area contributed by atoms with E-state index in [9.17, 15) is 4.79 Å². The van der Waals surface area contributed by atoms with Crippen LogP contribution in [-0.2, 0) is 17.8 Å². The lowest BCUT2D eigenvalue weighted by molar-refractivity contribution is 0.0576. The monoisotopic (exact) mass is 529 g/mol. The molecule has 0 saturated heterocycles. The number of hydrogen-bond donors (Lipinski definition) is 2. The number of fused-ring (bicyclic) bond motifs is 4. The molecule has 2 N–H and O–H groups in total. The van der Waals surface area contributed by atoms with Crippen LogP contribution in [0.15, 0.2) is 55.2 Å². The maximum atomic E-state index is 13.0. The van der Waals surface area contributed by atoms with E-state index in [4.69, 9.17) is 19.8 Å². The summed E-state index contributed by atoms with van der Waals surface area (Å²) in [5.74, 6) is 1.99. The molecule has 202 valence electrons. The molecule has 1 atom stereocenters. The fraction of sp³-hybridized carbons (Fsp3) is 0.370. The van der Waals surface area contributed by atoms with E-state index in [2.05, 4.69) is 26.4 Å². The van der Waals surface area contributed by atoms with Gasteiger partial charge in [-0.15, -0.1) is 0 Å². The highest BCUT2D eigenvalue weighted by Gasteiger charge is 2.37. The Morgan fingerprint density at radius 2 is 2.05 bits per heavy atom. The van der Waals surface area contributed by atoms with Crippen LogP contribution < -0.4 is 15.1 Å². The van der Waals surface area contributed by atoms with Gasteiger partial charge in [0.05, 0.1) is 43.3 Å². The van der Waals surface area contributed by atoms with Crippen molar-refractivity contribution in [2.24, 2.45) is 0 Å². The number of ether oxygens (including phenoxy) is 1. The van der Waals surface area contributed by atoms with Crippen LogP contribution in [0.3, 0.4) is 0 Å². The van der Waals surface area contributed by atoms with Crippen LogP contribution in [0.4, 0.5) is 28.1 Å². The number of rotatable bonds is 5. The topological polar surface area (TPSA) is 126 Å². The largest absolute Gasteiger partial charge is 0.443 e. The third-order valence-electron chi connectivity index (χ3n) is 6.71. The van der Waals surface area contributed by atoms with Gasteiger partial charge in [0.2, 0.25) is 11.9 Å². The van der Waals surface area contributed by atoms with Crippen LogP contribution in [0.5, 0.6) is 0 Å². The summed E-state index contributed by atoms with van der Waals surface area (Å²) in [6.07, 6.45) is 9.35. The van der Waals surface area contributed by atoms with Crippen LogP contribution in [-0.4, -0.2) is 59.3 Å². The van der Waals surface area contributed by atoms with Crippen molar-refractivity contribution < 1.29 is 14.6 Å². The Morgan fingerprint density at radius 1 is 1.21 bits per heavy atom. The molecule has 2 aliphatic rings. The first-order valence-corrected chi connectivity index (χ1v) is 13.0. The number of hydrogen-bond acceptors (Lipinski definition) is 9. The molecule has 5 heterocycles. The third kappa shape index (κ3) is 4.78. The van der Waals surface area contributed by atoms with E-state index < -0.39 is 5.60 Å². The highest BCUT2D eigenvalue weighted by atomic mass is 16.6. The van der Waals surface area contributed by atoms with Crippen LogP contribution in [0.25, 0.3) is 5.82 Å². The van der Waals surface area contributed by atoms with Gasteiger partial charge in [0.1, 0.15) is 11.4 Å². The molecule has 0 saturated carbocycles. The van der Waals surface area contributed by atoms with Crippen LogP contribution in [0.1, 0.15) is 44.4 Å². The minimum absolute atomic E-state index is 0.00403. The summed E-state index contributed by atoms with van der Waals surface area (Å²) in [5, 5.41) is 16.5. The van der Waals surface area contributed by atoms with Crippen molar-refractivity contribution in [2.75, 3.05) is 28.3 Å². The number of anilines is 4. The Kier molecular flexibility index (Phi) is 6.18. The summed E-state index contributed by atoms with van der Waals surface area (Å²) >= 11 is 0. The van der Waals surface area contributed by atoms with Crippen molar-refractivity contribution in [1.29, 1.82) is 0 Å². The lowest BCUT2D eigenvalue weighted by atomic mass is 9.94. The van der Waals surface area contributed by atoms with Gasteiger partial charge in [0.25, 0.3) is 0 Å². The van der Waals surface area contributed by atoms with Gasteiger partial charge in [-0.25, -0.2) is 14.8 Å². The molecule has 0 fully saturated rings. The minimum Gasteiger partial charge on any atom is -0.443 e. The van der Waals surface area contributed by atoms with Crippen LogP contribution in [0, 0.1) is 0 Å². The lowest BCUT2D eigenvalue weighted by Gasteiger charge is -2.42. The maximum absolute atomic E-state index is 13.0. The number of para-hydroxylation sites is 1. The first-order chi connectivity index (χ1) is 18.8. The second-order valence-electron chi connectivity index (χ2n) is 10.6. The number of aliphatic hydroxyl groups excluding tert-OH is 1. The summed E-state index contributed by atoms with van der Waals surface area (Å²) < 4.78 is 9.32. The molecule has 6 rings (SSSR count). The number of aliphatic hydroxyl groups is 1. The predicted octanol–water partition coefficient (Wildman–Crippen LogP) is 3.80. The zero-order chi connectivity index (χ0) is 27.1. The normalized spacial score (nSPS) is 16.4. The van der Waals surface area contributed by atoms with Crippen molar-refractivity contribution in [1.82, 2.24) is 29.3 Å². The average Bonchev–Trinajstić information content (AvgIpc) is 3.57. The molecule has 0 aliphatic carbocycles. The number of amides is 1. The van der Waals surface area contributed by atoms with Gasteiger partial charge in [0, 0.05) is 36.9 Å². The molecule has 2 aliphatic heterocycles. The molecule has 1 unspecified atom stereocenters. The number of carbonyl (C=O) groups is 1. The first-order valence-electron chi connectivity index (χ1n) is 13.0. The van der Waals surface area contributed by atoms with E-state index in [1.807, 2.05) is 55.9 Å². The summed E-state index contributed by atoms with van der Waals surface area (Å²) in [5.41, 5.74) is 3.03. The van der Waals surface area contributed by atoms with Crippen molar-refractivity contribution in [3.05, 3.63) is 66.4 Å². The number of nitrogens with one attached hydrogen (secondary N) is 1. The van der Waals surface area contributed by atoms with Gasteiger partial charge in [0.15, 0.2) is 0 Å². The molecule has 0 spiro atoms. The molecule has 39 heavy (non-hydrogen) atoms. The average molecular weight is 530 g/mol. The Labute approximate surface area is 225 Å². The fourth-order valence-corrected chi connectivity index (χ4v) is 5.11. The van der Waals surface area contributed by atoms with E-state index >= 15 is 0 Å². The Hall–Kier alpha value is -4.45. The Bertz CT molecular complexity index is 1510. The van der Waals surface area contributed by atoms with Gasteiger partial charge in [-0.3, -0.25) is 14.1 Å². The van der Waals surface area contributed by atoms with Crippen molar-refractivity contribution in [2.45, 2.75) is 51.9 Å². The van der Waals surface area contributed by atoms with Crippen molar-refractivity contribution >= 4 is 29.4 Å².